The molecule has 1 saturated heterocycles. The Bertz CT molecular complexity index is 91.0. The van der Waals surface area contributed by atoms with E-state index in [-0.39, 0.29) is 0 Å². The lowest BCUT2D eigenvalue weighted by molar-refractivity contribution is 0.371. The van der Waals surface area contributed by atoms with Crippen molar-refractivity contribution in [1.82, 2.24) is 4.81 Å². The Hall–Kier alpha value is 0.275. The smallest absolute Gasteiger partial charge is 0.398 e. The van der Waals surface area contributed by atoms with E-state index in [9.17, 15) is 0 Å². The molecule has 1 rings (SSSR count). The van der Waals surface area contributed by atoms with Gasteiger partial charge >= 0.3 is 7.62 Å². The van der Waals surface area contributed by atoms with Crippen LogP contribution in [0, 0.1) is 0 Å². The summed E-state index contributed by atoms with van der Waals surface area (Å²) < 4.78 is 4.82. The summed E-state index contributed by atoms with van der Waals surface area (Å²) in [4.78, 5) is 2.08. The van der Waals surface area contributed by atoms with Crippen molar-refractivity contribution in [2.75, 3.05) is 20.2 Å². The van der Waals surface area contributed by atoms with Gasteiger partial charge in [0.2, 0.25) is 0 Å². The molecule has 0 aromatic heterocycles. The second-order valence-corrected chi connectivity index (χ2v) is 2.84. The lowest BCUT2D eigenvalue weighted by Gasteiger charge is -2.09. The number of halogens is 1. The molecule has 9 heavy (non-hydrogen) atoms. The minimum absolute atomic E-state index is 0.316. The molecule has 1 radical (unpaired) electrons. The van der Waals surface area contributed by atoms with Gasteiger partial charge in [-0.15, -0.1) is 11.6 Å². The fourth-order valence-electron chi connectivity index (χ4n) is 0.988. The summed E-state index contributed by atoms with van der Waals surface area (Å²) >= 11 is 5.83. The van der Waals surface area contributed by atoms with Crippen LogP contribution in [0.4, 0.5) is 0 Å². The first kappa shape index (κ1) is 7.38. The third-order valence-corrected chi connectivity index (χ3v) is 1.77. The van der Waals surface area contributed by atoms with Crippen LogP contribution in [0.25, 0.3) is 0 Å². The van der Waals surface area contributed by atoms with Gasteiger partial charge in [0.05, 0.1) is 0 Å². The standard InChI is InChI=1S/C5H10BClNO/c1-9-6-8-3-2-5(7)4-8/h5H,2-4H2,1H3. The quantitative estimate of drug-likeness (QED) is 0.415. The number of hydrogen-bond acceptors (Lipinski definition) is 2. The van der Waals surface area contributed by atoms with Gasteiger partial charge in [0.1, 0.15) is 0 Å². The molecule has 2 nitrogen and oxygen atoms in total. The molecule has 1 fully saturated rings. The van der Waals surface area contributed by atoms with Crippen LogP contribution in [0.15, 0.2) is 0 Å². The predicted octanol–water partition coefficient (Wildman–Crippen LogP) is 0.480. The Labute approximate surface area is 61.4 Å². The largest absolute Gasteiger partial charge is 0.427 e. The zero-order valence-corrected chi connectivity index (χ0v) is 6.27. The molecule has 0 amide bonds. The second kappa shape index (κ2) is 3.45. The van der Waals surface area contributed by atoms with E-state index in [4.69, 9.17) is 16.3 Å². The molecule has 0 saturated carbocycles. The molecule has 1 unspecified atom stereocenters. The zero-order valence-electron chi connectivity index (χ0n) is 5.51. The average molecular weight is 146 g/mol. The summed E-state index contributed by atoms with van der Waals surface area (Å²) in [5, 5.41) is 0.316. The van der Waals surface area contributed by atoms with Crippen molar-refractivity contribution in [3.05, 3.63) is 0 Å². The van der Waals surface area contributed by atoms with E-state index in [1.165, 1.54) is 0 Å². The van der Waals surface area contributed by atoms with Crippen molar-refractivity contribution in [1.29, 1.82) is 0 Å². The topological polar surface area (TPSA) is 12.5 Å². The zero-order chi connectivity index (χ0) is 6.69. The molecule has 0 aliphatic carbocycles. The highest BCUT2D eigenvalue weighted by Crippen LogP contribution is 2.12. The average Bonchev–Trinajstić information content (AvgIpc) is 2.17. The molecule has 1 atom stereocenters. The fourth-order valence-corrected chi connectivity index (χ4v) is 1.26. The molecule has 0 N–H and O–H groups in total. The normalized spacial score (nSPS) is 28.9. The molecule has 51 valence electrons. The van der Waals surface area contributed by atoms with Crippen LogP contribution in [0.1, 0.15) is 6.42 Å². The van der Waals surface area contributed by atoms with Crippen molar-refractivity contribution in [2.24, 2.45) is 0 Å². The number of hydrogen-bond donors (Lipinski definition) is 0. The van der Waals surface area contributed by atoms with Crippen LogP contribution >= 0.6 is 11.6 Å². The van der Waals surface area contributed by atoms with Gasteiger partial charge in [0.15, 0.2) is 0 Å². The molecule has 1 heterocycles. The second-order valence-electron chi connectivity index (χ2n) is 2.22. The highest BCUT2D eigenvalue weighted by Gasteiger charge is 2.20. The molecule has 0 bridgehead atoms. The van der Waals surface area contributed by atoms with E-state index in [0.29, 0.717) is 5.38 Å². The van der Waals surface area contributed by atoms with Crippen LogP contribution in [0.2, 0.25) is 0 Å². The van der Waals surface area contributed by atoms with Gasteiger partial charge in [0, 0.05) is 19.0 Å². The van der Waals surface area contributed by atoms with Crippen molar-refractivity contribution in [3.8, 4) is 0 Å². The minimum Gasteiger partial charge on any atom is -0.427 e. The Balaban J connectivity index is 2.14. The maximum absolute atomic E-state index is 5.83. The monoisotopic (exact) mass is 146 g/mol. The van der Waals surface area contributed by atoms with Gasteiger partial charge in [-0.1, -0.05) is 0 Å². The third kappa shape index (κ3) is 2.16. The first-order chi connectivity index (χ1) is 4.33. The molecular weight excluding hydrogens is 136 g/mol. The van der Waals surface area contributed by atoms with E-state index in [1.807, 2.05) is 0 Å². The van der Waals surface area contributed by atoms with Crippen LogP contribution in [-0.2, 0) is 4.65 Å². The van der Waals surface area contributed by atoms with E-state index in [2.05, 4.69) is 4.81 Å². The molecule has 0 aromatic rings. The maximum atomic E-state index is 5.83. The number of rotatable bonds is 2. The molecular formula is C5H10BClNO. The Morgan fingerprint density at radius 2 is 2.56 bits per heavy atom. The van der Waals surface area contributed by atoms with Crippen molar-refractivity contribution >= 4 is 19.2 Å². The van der Waals surface area contributed by atoms with Crippen LogP contribution in [-0.4, -0.2) is 38.0 Å². The maximum Gasteiger partial charge on any atom is 0.398 e. The highest BCUT2D eigenvalue weighted by molar-refractivity contribution is 6.25. The van der Waals surface area contributed by atoms with Gasteiger partial charge in [-0.3, -0.25) is 0 Å². The van der Waals surface area contributed by atoms with Crippen LogP contribution in [0.5, 0.6) is 0 Å². The lowest BCUT2D eigenvalue weighted by atomic mass is 10.2. The third-order valence-electron chi connectivity index (χ3n) is 1.42. The molecule has 1 aliphatic rings. The predicted molar refractivity (Wildman–Crippen MR) is 38.6 cm³/mol. The summed E-state index contributed by atoms with van der Waals surface area (Å²) in [5.41, 5.74) is 0. The van der Waals surface area contributed by atoms with Gasteiger partial charge in [-0.2, -0.15) is 0 Å². The van der Waals surface area contributed by atoms with Crippen molar-refractivity contribution in [2.45, 2.75) is 11.8 Å². The highest BCUT2D eigenvalue weighted by atomic mass is 35.5. The SMILES string of the molecule is CO[B]N1CCC(Cl)C1. The molecule has 0 spiro atoms. The Morgan fingerprint density at radius 1 is 1.78 bits per heavy atom. The first-order valence-electron chi connectivity index (χ1n) is 3.07. The Morgan fingerprint density at radius 3 is 3.00 bits per heavy atom. The van der Waals surface area contributed by atoms with Crippen LogP contribution in [0.3, 0.4) is 0 Å². The van der Waals surface area contributed by atoms with Gasteiger partial charge < -0.3 is 9.47 Å². The van der Waals surface area contributed by atoms with Crippen LogP contribution < -0.4 is 0 Å². The van der Waals surface area contributed by atoms with Gasteiger partial charge in [-0.05, 0) is 13.0 Å². The lowest BCUT2D eigenvalue weighted by Crippen LogP contribution is -2.26. The molecule has 4 heteroatoms. The number of nitrogens with zero attached hydrogens (tertiary/aromatic N) is 1. The van der Waals surface area contributed by atoms with E-state index in [0.717, 1.165) is 19.5 Å². The van der Waals surface area contributed by atoms with Crippen molar-refractivity contribution < 1.29 is 4.65 Å². The summed E-state index contributed by atoms with van der Waals surface area (Å²) in [6.07, 6.45) is 1.07. The summed E-state index contributed by atoms with van der Waals surface area (Å²) in [6, 6.07) is 0. The molecule has 1 aliphatic heterocycles. The Kier molecular flexibility index (Phi) is 2.83. The minimum atomic E-state index is 0.316. The summed E-state index contributed by atoms with van der Waals surface area (Å²) in [6.45, 7) is 1.96. The van der Waals surface area contributed by atoms with Gasteiger partial charge in [-0.25, -0.2) is 0 Å². The van der Waals surface area contributed by atoms with Gasteiger partial charge in [0.25, 0.3) is 0 Å². The van der Waals surface area contributed by atoms with Crippen molar-refractivity contribution in [3.63, 3.8) is 0 Å². The molecule has 0 aromatic carbocycles. The fraction of sp³-hybridized carbons (Fsp3) is 1.00. The first-order valence-corrected chi connectivity index (χ1v) is 3.51. The van der Waals surface area contributed by atoms with E-state index >= 15 is 0 Å². The summed E-state index contributed by atoms with van der Waals surface area (Å²) in [7, 11) is 3.38. The van der Waals surface area contributed by atoms with E-state index in [1.54, 1.807) is 14.7 Å². The summed E-state index contributed by atoms with van der Waals surface area (Å²) in [5.74, 6) is 0. The number of alkyl halides is 1. The van der Waals surface area contributed by atoms with E-state index < -0.39 is 0 Å².